The van der Waals surface area contributed by atoms with Gasteiger partial charge in [0.15, 0.2) is 0 Å². The Labute approximate surface area is 142 Å². The zero-order valence-electron chi connectivity index (χ0n) is 13.1. The SMILES string of the molecule is O=C(Nc1cccc(C(F)(F)F)c1)c1ccccc1NC(=O)C1CC1. The van der Waals surface area contributed by atoms with E-state index in [1.54, 1.807) is 18.2 Å². The second kappa shape index (κ2) is 6.58. The summed E-state index contributed by atoms with van der Waals surface area (Å²) in [4.78, 5) is 24.3. The predicted molar refractivity (Wildman–Crippen MR) is 87.2 cm³/mol. The molecule has 1 saturated carbocycles. The summed E-state index contributed by atoms with van der Waals surface area (Å²) >= 11 is 0. The molecule has 0 saturated heterocycles. The number of benzene rings is 2. The molecular formula is C18H15F3N2O2. The van der Waals surface area contributed by atoms with Crippen LogP contribution >= 0.6 is 0 Å². The Bertz CT molecular complexity index is 814. The molecule has 130 valence electrons. The van der Waals surface area contributed by atoms with Crippen molar-refractivity contribution in [2.45, 2.75) is 19.0 Å². The third-order valence-electron chi connectivity index (χ3n) is 3.83. The Hall–Kier alpha value is -2.83. The molecule has 25 heavy (non-hydrogen) atoms. The first-order chi connectivity index (χ1) is 11.8. The van der Waals surface area contributed by atoms with E-state index in [4.69, 9.17) is 0 Å². The first-order valence-corrected chi connectivity index (χ1v) is 7.73. The van der Waals surface area contributed by atoms with E-state index in [1.165, 1.54) is 18.2 Å². The minimum absolute atomic E-state index is 0.0282. The van der Waals surface area contributed by atoms with Crippen LogP contribution in [0.3, 0.4) is 0 Å². The number of hydrogen-bond acceptors (Lipinski definition) is 2. The number of nitrogens with one attached hydrogen (secondary N) is 2. The van der Waals surface area contributed by atoms with Crippen LogP contribution in [-0.4, -0.2) is 11.8 Å². The molecule has 0 atom stereocenters. The number of carbonyl (C=O) groups excluding carboxylic acids is 2. The van der Waals surface area contributed by atoms with Crippen molar-refractivity contribution in [2.24, 2.45) is 5.92 Å². The van der Waals surface area contributed by atoms with Crippen molar-refractivity contribution >= 4 is 23.2 Å². The molecule has 2 aromatic rings. The van der Waals surface area contributed by atoms with Gasteiger partial charge in [0.25, 0.3) is 5.91 Å². The van der Waals surface area contributed by atoms with Gasteiger partial charge in [-0.25, -0.2) is 0 Å². The monoisotopic (exact) mass is 348 g/mol. The van der Waals surface area contributed by atoms with Gasteiger partial charge in [-0.15, -0.1) is 0 Å². The molecule has 1 aliphatic carbocycles. The summed E-state index contributed by atoms with van der Waals surface area (Å²) in [5.74, 6) is -0.773. The van der Waals surface area contributed by atoms with E-state index in [0.717, 1.165) is 25.0 Å². The minimum Gasteiger partial charge on any atom is -0.325 e. The van der Waals surface area contributed by atoms with Crippen molar-refractivity contribution < 1.29 is 22.8 Å². The van der Waals surface area contributed by atoms with Gasteiger partial charge in [0.05, 0.1) is 16.8 Å². The molecule has 2 amide bonds. The largest absolute Gasteiger partial charge is 0.416 e. The van der Waals surface area contributed by atoms with Gasteiger partial charge in [0.2, 0.25) is 5.91 Å². The maximum absolute atomic E-state index is 12.8. The number of para-hydroxylation sites is 1. The lowest BCUT2D eigenvalue weighted by Crippen LogP contribution is -2.19. The predicted octanol–water partition coefficient (Wildman–Crippen LogP) is 4.31. The van der Waals surface area contributed by atoms with Gasteiger partial charge >= 0.3 is 6.18 Å². The Balaban J connectivity index is 1.78. The molecular weight excluding hydrogens is 333 g/mol. The molecule has 7 heteroatoms. The molecule has 3 rings (SSSR count). The van der Waals surface area contributed by atoms with Crippen LogP contribution in [0.25, 0.3) is 0 Å². The fourth-order valence-corrected chi connectivity index (χ4v) is 2.34. The Morgan fingerprint density at radius 3 is 2.36 bits per heavy atom. The van der Waals surface area contributed by atoms with Crippen molar-refractivity contribution in [3.8, 4) is 0 Å². The van der Waals surface area contributed by atoms with Crippen LogP contribution in [0.4, 0.5) is 24.5 Å². The molecule has 1 aliphatic rings. The van der Waals surface area contributed by atoms with Crippen LogP contribution in [-0.2, 0) is 11.0 Å². The van der Waals surface area contributed by atoms with Gasteiger partial charge in [-0.05, 0) is 43.2 Å². The molecule has 0 aromatic heterocycles. The van der Waals surface area contributed by atoms with Gasteiger partial charge in [-0.2, -0.15) is 13.2 Å². The lowest BCUT2D eigenvalue weighted by molar-refractivity contribution is -0.137. The number of rotatable bonds is 4. The highest BCUT2D eigenvalue weighted by Gasteiger charge is 2.31. The lowest BCUT2D eigenvalue weighted by Gasteiger charge is -2.12. The normalized spacial score (nSPS) is 14.0. The molecule has 2 N–H and O–H groups in total. The summed E-state index contributed by atoms with van der Waals surface area (Å²) in [6, 6.07) is 10.8. The Morgan fingerprint density at radius 1 is 0.960 bits per heavy atom. The van der Waals surface area contributed by atoms with Gasteiger partial charge in [-0.1, -0.05) is 18.2 Å². The highest BCUT2D eigenvalue weighted by atomic mass is 19.4. The maximum atomic E-state index is 12.8. The van der Waals surface area contributed by atoms with Crippen molar-refractivity contribution in [1.29, 1.82) is 0 Å². The quantitative estimate of drug-likeness (QED) is 0.865. The van der Waals surface area contributed by atoms with Crippen molar-refractivity contribution in [1.82, 2.24) is 0 Å². The van der Waals surface area contributed by atoms with E-state index in [0.29, 0.717) is 5.69 Å². The van der Waals surface area contributed by atoms with E-state index in [-0.39, 0.29) is 23.1 Å². The topological polar surface area (TPSA) is 58.2 Å². The van der Waals surface area contributed by atoms with Gasteiger partial charge in [0, 0.05) is 11.6 Å². The number of alkyl halides is 3. The summed E-state index contributed by atoms with van der Waals surface area (Å²) in [5, 5.41) is 5.13. The molecule has 0 aliphatic heterocycles. The summed E-state index contributed by atoms with van der Waals surface area (Å²) in [5.41, 5.74) is -0.290. The van der Waals surface area contributed by atoms with E-state index >= 15 is 0 Å². The minimum atomic E-state index is -4.49. The smallest absolute Gasteiger partial charge is 0.325 e. The fraction of sp³-hybridized carbons (Fsp3) is 0.222. The molecule has 0 bridgehead atoms. The molecule has 0 spiro atoms. The molecule has 4 nitrogen and oxygen atoms in total. The first-order valence-electron chi connectivity index (χ1n) is 7.73. The zero-order valence-corrected chi connectivity index (χ0v) is 13.1. The zero-order chi connectivity index (χ0) is 18.0. The number of anilines is 2. The van der Waals surface area contributed by atoms with Crippen molar-refractivity contribution in [3.63, 3.8) is 0 Å². The highest BCUT2D eigenvalue weighted by molar-refractivity contribution is 6.10. The van der Waals surface area contributed by atoms with Crippen LogP contribution in [0.15, 0.2) is 48.5 Å². The van der Waals surface area contributed by atoms with E-state index < -0.39 is 17.6 Å². The molecule has 0 unspecified atom stereocenters. The van der Waals surface area contributed by atoms with Crippen molar-refractivity contribution in [2.75, 3.05) is 10.6 Å². The van der Waals surface area contributed by atoms with E-state index in [1.807, 2.05) is 0 Å². The third-order valence-corrected chi connectivity index (χ3v) is 3.83. The molecule has 0 heterocycles. The first kappa shape index (κ1) is 17.0. The van der Waals surface area contributed by atoms with Crippen molar-refractivity contribution in [3.05, 3.63) is 59.7 Å². The summed E-state index contributed by atoms with van der Waals surface area (Å²) in [6.45, 7) is 0. The second-order valence-corrected chi connectivity index (χ2v) is 5.84. The van der Waals surface area contributed by atoms with Crippen LogP contribution in [0.5, 0.6) is 0 Å². The van der Waals surface area contributed by atoms with Gasteiger partial charge in [-0.3, -0.25) is 9.59 Å². The summed E-state index contributed by atoms with van der Waals surface area (Å²) in [7, 11) is 0. The number of halogens is 3. The third kappa shape index (κ3) is 4.17. The number of amides is 2. The Kier molecular flexibility index (Phi) is 4.48. The van der Waals surface area contributed by atoms with Gasteiger partial charge < -0.3 is 10.6 Å². The highest BCUT2D eigenvalue weighted by Crippen LogP contribution is 2.32. The average molecular weight is 348 g/mol. The Morgan fingerprint density at radius 2 is 1.68 bits per heavy atom. The number of carbonyl (C=O) groups is 2. The standard InChI is InChI=1S/C18H15F3N2O2/c19-18(20,21)12-4-3-5-13(10-12)22-17(25)14-6-1-2-7-15(14)23-16(24)11-8-9-11/h1-7,10-11H,8-9H2,(H,22,25)(H,23,24). The number of hydrogen-bond donors (Lipinski definition) is 2. The molecule has 2 aromatic carbocycles. The lowest BCUT2D eigenvalue weighted by atomic mass is 10.1. The van der Waals surface area contributed by atoms with Gasteiger partial charge in [0.1, 0.15) is 0 Å². The average Bonchev–Trinajstić information content (AvgIpc) is 3.39. The van der Waals surface area contributed by atoms with Crippen LogP contribution in [0.1, 0.15) is 28.8 Å². The fourth-order valence-electron chi connectivity index (χ4n) is 2.34. The second-order valence-electron chi connectivity index (χ2n) is 5.84. The molecule has 1 fully saturated rings. The summed E-state index contributed by atoms with van der Waals surface area (Å²) < 4.78 is 38.3. The van der Waals surface area contributed by atoms with Crippen LogP contribution < -0.4 is 10.6 Å². The summed E-state index contributed by atoms with van der Waals surface area (Å²) in [6.07, 6.45) is -2.84. The van der Waals surface area contributed by atoms with E-state index in [9.17, 15) is 22.8 Å². The van der Waals surface area contributed by atoms with Crippen LogP contribution in [0, 0.1) is 5.92 Å². The van der Waals surface area contributed by atoms with Crippen LogP contribution in [0.2, 0.25) is 0 Å². The molecule has 0 radical (unpaired) electrons. The van der Waals surface area contributed by atoms with E-state index in [2.05, 4.69) is 10.6 Å². The maximum Gasteiger partial charge on any atom is 0.416 e.